The summed E-state index contributed by atoms with van der Waals surface area (Å²) in [6, 6.07) is 8.75. The number of rotatable bonds is 6. The summed E-state index contributed by atoms with van der Waals surface area (Å²) >= 11 is 12.4. The van der Waals surface area contributed by atoms with E-state index in [0.717, 1.165) is 17.2 Å². The highest BCUT2D eigenvalue weighted by Gasteiger charge is 2.28. The molecule has 0 aromatic heterocycles. The minimum Gasteiger partial charge on any atom is -0.377 e. The molecule has 10 heteroatoms. The Bertz CT molecular complexity index is 1140. The topological polar surface area (TPSA) is 75.7 Å². The van der Waals surface area contributed by atoms with Gasteiger partial charge in [0.1, 0.15) is 5.82 Å². The summed E-state index contributed by atoms with van der Waals surface area (Å²) in [5.41, 5.74) is 1.26. The van der Waals surface area contributed by atoms with Gasteiger partial charge in [0, 0.05) is 40.0 Å². The fourth-order valence-corrected chi connectivity index (χ4v) is 4.46. The lowest BCUT2D eigenvalue weighted by molar-refractivity contribution is 0.0935. The van der Waals surface area contributed by atoms with Crippen molar-refractivity contribution in [3.8, 4) is 0 Å². The molecule has 172 valence electrons. The Morgan fingerprint density at radius 3 is 2.69 bits per heavy atom. The van der Waals surface area contributed by atoms with Crippen molar-refractivity contribution in [1.82, 2.24) is 5.32 Å². The average Bonchev–Trinajstić information content (AvgIpc) is 2.72. The van der Waals surface area contributed by atoms with Crippen molar-refractivity contribution in [2.75, 3.05) is 30.9 Å². The third kappa shape index (κ3) is 6.22. The minimum atomic E-state index is -3.32. The molecule has 0 aliphatic carbocycles. The van der Waals surface area contributed by atoms with E-state index in [-0.39, 0.29) is 11.6 Å². The molecule has 0 radical (unpaired) electrons. The lowest BCUT2D eigenvalue weighted by Gasteiger charge is -2.38. The van der Waals surface area contributed by atoms with E-state index in [9.17, 15) is 17.6 Å². The highest BCUT2D eigenvalue weighted by atomic mass is 35.5. The monoisotopic (exact) mass is 500 g/mol. The van der Waals surface area contributed by atoms with Crippen LogP contribution < -0.4 is 10.2 Å². The maximum absolute atomic E-state index is 14.9. The Kier molecular flexibility index (Phi) is 7.82. The number of carbonyl (C=O) groups is 1. The van der Waals surface area contributed by atoms with Gasteiger partial charge in [0.2, 0.25) is 0 Å². The Balaban J connectivity index is 1.81. The molecule has 2 aromatic carbocycles. The van der Waals surface area contributed by atoms with Crippen LogP contribution >= 0.6 is 23.2 Å². The first-order valence-corrected chi connectivity index (χ1v) is 12.5. The number of hydrogen-bond acceptors (Lipinski definition) is 5. The highest BCUT2D eigenvalue weighted by Crippen LogP contribution is 2.35. The van der Waals surface area contributed by atoms with E-state index in [1.165, 1.54) is 18.2 Å². The van der Waals surface area contributed by atoms with E-state index in [1.807, 2.05) is 11.0 Å². The SMILES string of the molecule is C[C@H](/C=C/S(C)(=O)=O)NC(=O)c1ccc(N2CCOC[C@@H]2c2ccc(Cl)cc2Cl)cc1F. The smallest absolute Gasteiger partial charge is 0.254 e. The lowest BCUT2D eigenvalue weighted by atomic mass is 10.0. The van der Waals surface area contributed by atoms with Crippen molar-refractivity contribution in [3.63, 3.8) is 0 Å². The molecular formula is C22H23Cl2FN2O4S. The molecule has 6 nitrogen and oxygen atoms in total. The van der Waals surface area contributed by atoms with Crippen LogP contribution in [0.4, 0.5) is 10.1 Å². The van der Waals surface area contributed by atoms with Crippen LogP contribution in [-0.2, 0) is 14.6 Å². The van der Waals surface area contributed by atoms with Crippen LogP contribution in [0.1, 0.15) is 28.9 Å². The third-order valence-corrected chi connectivity index (χ3v) is 6.17. The molecule has 1 heterocycles. The van der Waals surface area contributed by atoms with Crippen molar-refractivity contribution >= 4 is 44.6 Å². The molecule has 3 rings (SSSR count). The van der Waals surface area contributed by atoms with Crippen LogP contribution in [0.5, 0.6) is 0 Å². The molecule has 1 amide bonds. The summed E-state index contributed by atoms with van der Waals surface area (Å²) in [5, 5.41) is 4.57. The number of morpholine rings is 1. The van der Waals surface area contributed by atoms with Gasteiger partial charge in [0.15, 0.2) is 9.84 Å². The molecule has 2 aromatic rings. The van der Waals surface area contributed by atoms with Gasteiger partial charge in [0.05, 0.1) is 24.8 Å². The van der Waals surface area contributed by atoms with Gasteiger partial charge in [-0.15, -0.1) is 0 Å². The van der Waals surface area contributed by atoms with E-state index in [4.69, 9.17) is 27.9 Å². The number of nitrogens with one attached hydrogen (secondary N) is 1. The number of carbonyl (C=O) groups excluding carboxylic acids is 1. The van der Waals surface area contributed by atoms with E-state index >= 15 is 0 Å². The molecule has 1 aliphatic heterocycles. The van der Waals surface area contributed by atoms with Crippen molar-refractivity contribution < 1.29 is 22.3 Å². The Morgan fingerprint density at radius 2 is 2.03 bits per heavy atom. The second kappa shape index (κ2) is 10.2. The number of halogens is 3. The summed E-state index contributed by atoms with van der Waals surface area (Å²) in [6.07, 6.45) is 2.38. The predicted molar refractivity (Wildman–Crippen MR) is 125 cm³/mol. The zero-order valence-electron chi connectivity index (χ0n) is 17.5. The maximum Gasteiger partial charge on any atom is 0.254 e. The van der Waals surface area contributed by atoms with Gasteiger partial charge in [-0.2, -0.15) is 0 Å². The Hall–Kier alpha value is -2.13. The Labute approximate surface area is 196 Å². The molecule has 0 bridgehead atoms. The number of hydrogen-bond donors (Lipinski definition) is 1. The number of nitrogens with zero attached hydrogens (tertiary/aromatic N) is 1. The molecule has 0 saturated carbocycles. The second-order valence-corrected chi connectivity index (χ2v) is 10.3. The van der Waals surface area contributed by atoms with E-state index in [2.05, 4.69) is 5.32 Å². The molecular weight excluding hydrogens is 478 g/mol. The largest absolute Gasteiger partial charge is 0.377 e. The fraction of sp³-hybridized carbons (Fsp3) is 0.318. The molecule has 32 heavy (non-hydrogen) atoms. The highest BCUT2D eigenvalue weighted by molar-refractivity contribution is 7.93. The van der Waals surface area contributed by atoms with Crippen LogP contribution in [0.2, 0.25) is 10.0 Å². The van der Waals surface area contributed by atoms with Gasteiger partial charge in [-0.05, 0) is 42.8 Å². The van der Waals surface area contributed by atoms with Crippen molar-refractivity contribution in [3.05, 3.63) is 74.9 Å². The summed E-state index contributed by atoms with van der Waals surface area (Å²) in [6.45, 7) is 2.95. The predicted octanol–water partition coefficient (Wildman–Crippen LogP) is 4.39. The maximum atomic E-state index is 14.9. The number of sulfone groups is 1. The fourth-order valence-electron chi connectivity index (χ4n) is 3.40. The standard InChI is InChI=1S/C22H23Cl2FN2O4S/c1-14(7-10-32(2,29)30)26-22(28)18-6-4-16(12-20(18)25)27-8-9-31-13-21(27)17-5-3-15(23)11-19(17)24/h3-7,10-12,14,21H,8-9,13H2,1-2H3,(H,26,28)/b10-7+/t14-,21-/m1/s1. The van der Waals surface area contributed by atoms with Gasteiger partial charge < -0.3 is 15.0 Å². The third-order valence-electron chi connectivity index (χ3n) is 4.95. The molecule has 0 unspecified atom stereocenters. The first kappa shape index (κ1) is 24.5. The minimum absolute atomic E-state index is 0.136. The van der Waals surface area contributed by atoms with Crippen LogP contribution in [-0.4, -0.2) is 46.4 Å². The van der Waals surface area contributed by atoms with E-state index in [0.29, 0.717) is 35.5 Å². The van der Waals surface area contributed by atoms with Crippen molar-refractivity contribution in [2.45, 2.75) is 19.0 Å². The lowest BCUT2D eigenvalue weighted by Crippen LogP contribution is -2.40. The van der Waals surface area contributed by atoms with E-state index in [1.54, 1.807) is 25.1 Å². The zero-order valence-corrected chi connectivity index (χ0v) is 19.8. The zero-order chi connectivity index (χ0) is 23.5. The molecule has 0 spiro atoms. The van der Waals surface area contributed by atoms with Gasteiger partial charge >= 0.3 is 0 Å². The summed E-state index contributed by atoms with van der Waals surface area (Å²) in [5.74, 6) is -1.33. The van der Waals surface area contributed by atoms with Gasteiger partial charge in [-0.1, -0.05) is 35.3 Å². The average molecular weight is 501 g/mol. The van der Waals surface area contributed by atoms with Gasteiger partial charge in [0.25, 0.3) is 5.91 Å². The Morgan fingerprint density at radius 1 is 1.28 bits per heavy atom. The van der Waals surface area contributed by atoms with Gasteiger partial charge in [-0.25, -0.2) is 12.8 Å². The molecule has 1 N–H and O–H groups in total. The molecule has 1 fully saturated rings. The number of amides is 1. The summed E-state index contributed by atoms with van der Waals surface area (Å²) in [7, 11) is -3.32. The summed E-state index contributed by atoms with van der Waals surface area (Å²) < 4.78 is 42.9. The van der Waals surface area contributed by atoms with Crippen LogP contribution in [0.3, 0.4) is 0 Å². The molecule has 1 saturated heterocycles. The van der Waals surface area contributed by atoms with Crippen LogP contribution in [0.25, 0.3) is 0 Å². The van der Waals surface area contributed by atoms with Crippen molar-refractivity contribution in [2.24, 2.45) is 0 Å². The first-order valence-electron chi connectivity index (χ1n) is 9.83. The number of ether oxygens (including phenoxy) is 1. The molecule has 1 aliphatic rings. The molecule has 2 atom stereocenters. The quantitative estimate of drug-likeness (QED) is 0.636. The summed E-state index contributed by atoms with van der Waals surface area (Å²) in [4.78, 5) is 14.4. The van der Waals surface area contributed by atoms with Crippen molar-refractivity contribution in [1.29, 1.82) is 0 Å². The normalized spacial score (nSPS) is 18.0. The second-order valence-electron chi connectivity index (χ2n) is 7.53. The van der Waals surface area contributed by atoms with E-state index < -0.39 is 27.6 Å². The van der Waals surface area contributed by atoms with Gasteiger partial charge in [-0.3, -0.25) is 4.79 Å². The number of benzene rings is 2. The first-order chi connectivity index (χ1) is 15.0. The van der Waals surface area contributed by atoms with Crippen LogP contribution in [0.15, 0.2) is 47.9 Å². The van der Waals surface area contributed by atoms with Crippen LogP contribution in [0, 0.1) is 5.82 Å². The number of anilines is 1.